The van der Waals surface area contributed by atoms with Crippen molar-refractivity contribution in [2.45, 2.75) is 0 Å². The maximum atomic E-state index is 12.2. The van der Waals surface area contributed by atoms with Crippen LogP contribution in [0.4, 0.5) is 5.69 Å². The number of Topliss-reactive ketones (excluding diaryl/α,β-unsaturated/α-hetero) is 1. The number of aliphatic imine (C=N–C) groups is 1. The first-order valence-electron chi connectivity index (χ1n) is 5.11. The van der Waals surface area contributed by atoms with Crippen LogP contribution in [0.5, 0.6) is 0 Å². The molecule has 0 saturated heterocycles. The smallest absolute Gasteiger partial charge is 0.240 e. The van der Waals surface area contributed by atoms with E-state index in [0.29, 0.717) is 17.1 Å². The second-order valence-electron chi connectivity index (χ2n) is 3.98. The molecule has 2 rings (SSSR count). The van der Waals surface area contributed by atoms with Crippen LogP contribution in [0.15, 0.2) is 29.3 Å². The molecule has 0 fully saturated rings. The van der Waals surface area contributed by atoms with Gasteiger partial charge < -0.3 is 4.90 Å². The van der Waals surface area contributed by atoms with Crippen LogP contribution >= 0.6 is 11.6 Å². The molecule has 1 unspecified atom stereocenters. The molecular formula is C12H11ClN2O2. The van der Waals surface area contributed by atoms with Crippen LogP contribution < -0.4 is 0 Å². The van der Waals surface area contributed by atoms with E-state index in [2.05, 4.69) is 4.99 Å². The summed E-state index contributed by atoms with van der Waals surface area (Å²) in [6.45, 7) is 0. The molecule has 5 heteroatoms. The summed E-state index contributed by atoms with van der Waals surface area (Å²) >= 11 is 5.49. The number of amidine groups is 1. The number of hydrogen-bond acceptors (Lipinski definition) is 4. The van der Waals surface area contributed by atoms with E-state index in [1.54, 1.807) is 43.3 Å². The van der Waals surface area contributed by atoms with E-state index >= 15 is 0 Å². The molecule has 0 spiro atoms. The highest BCUT2D eigenvalue weighted by molar-refractivity contribution is 6.68. The summed E-state index contributed by atoms with van der Waals surface area (Å²) in [5, 5.41) is -0.697. The predicted octanol–water partition coefficient (Wildman–Crippen LogP) is 1.86. The fourth-order valence-corrected chi connectivity index (χ4v) is 2.00. The summed E-state index contributed by atoms with van der Waals surface area (Å²) in [6, 6.07) is 6.93. The lowest BCUT2D eigenvalue weighted by molar-refractivity contribution is -0.112. The highest BCUT2D eigenvalue weighted by Gasteiger charge is 2.37. The van der Waals surface area contributed by atoms with Crippen molar-refractivity contribution in [1.29, 1.82) is 0 Å². The molecule has 4 nitrogen and oxygen atoms in total. The van der Waals surface area contributed by atoms with Crippen LogP contribution in [0.2, 0.25) is 0 Å². The Morgan fingerprint density at radius 1 is 1.35 bits per heavy atom. The number of carbonyl (C=O) groups is 2. The SMILES string of the molecule is CN(C)C1=Nc2ccccc2C(=O)C1C(=O)Cl. The molecule has 0 amide bonds. The molecular weight excluding hydrogens is 240 g/mol. The molecule has 0 aromatic heterocycles. The number of benzene rings is 1. The van der Waals surface area contributed by atoms with Crippen LogP contribution in [0.3, 0.4) is 0 Å². The van der Waals surface area contributed by atoms with Crippen molar-refractivity contribution in [3.05, 3.63) is 29.8 Å². The molecule has 1 heterocycles. The summed E-state index contributed by atoms with van der Waals surface area (Å²) in [4.78, 5) is 29.5. The maximum Gasteiger partial charge on any atom is 0.240 e. The van der Waals surface area contributed by atoms with E-state index in [4.69, 9.17) is 11.6 Å². The van der Waals surface area contributed by atoms with Gasteiger partial charge in [-0.3, -0.25) is 9.59 Å². The lowest BCUT2D eigenvalue weighted by atomic mass is 9.93. The van der Waals surface area contributed by atoms with E-state index in [0.717, 1.165) is 0 Å². The van der Waals surface area contributed by atoms with Gasteiger partial charge in [-0.2, -0.15) is 0 Å². The Balaban J connectivity index is 2.61. The molecule has 0 aliphatic carbocycles. The molecule has 88 valence electrons. The van der Waals surface area contributed by atoms with Crippen molar-refractivity contribution < 1.29 is 9.59 Å². The Hall–Kier alpha value is -1.68. The highest BCUT2D eigenvalue weighted by atomic mass is 35.5. The first-order valence-corrected chi connectivity index (χ1v) is 5.48. The standard InChI is InChI=1S/C12H11ClN2O2/c1-15(2)12-9(11(13)17)10(16)7-5-3-4-6-8(7)14-12/h3-6,9H,1-2H3. The Kier molecular flexibility index (Phi) is 2.98. The number of fused-ring (bicyclic) bond motifs is 1. The second-order valence-corrected chi connectivity index (χ2v) is 4.36. The van der Waals surface area contributed by atoms with Gasteiger partial charge in [0, 0.05) is 19.7 Å². The van der Waals surface area contributed by atoms with Gasteiger partial charge in [0.1, 0.15) is 5.84 Å². The molecule has 17 heavy (non-hydrogen) atoms. The molecule has 1 atom stereocenters. The number of rotatable bonds is 1. The van der Waals surface area contributed by atoms with Gasteiger partial charge in [0.2, 0.25) is 5.24 Å². The van der Waals surface area contributed by atoms with Gasteiger partial charge in [-0.1, -0.05) is 12.1 Å². The summed E-state index contributed by atoms with van der Waals surface area (Å²) in [5.74, 6) is -0.908. The third kappa shape index (κ3) is 1.96. The first kappa shape index (κ1) is 11.8. The zero-order valence-corrected chi connectivity index (χ0v) is 10.2. The van der Waals surface area contributed by atoms with Crippen molar-refractivity contribution in [1.82, 2.24) is 4.90 Å². The molecule has 1 aromatic carbocycles. The minimum Gasteiger partial charge on any atom is -0.365 e. The fourth-order valence-electron chi connectivity index (χ4n) is 1.80. The van der Waals surface area contributed by atoms with E-state index in [9.17, 15) is 9.59 Å². The van der Waals surface area contributed by atoms with Crippen LogP contribution in [-0.2, 0) is 4.79 Å². The van der Waals surface area contributed by atoms with E-state index in [1.807, 2.05) is 0 Å². The molecule has 0 radical (unpaired) electrons. The fraction of sp³-hybridized carbons (Fsp3) is 0.250. The van der Waals surface area contributed by atoms with Gasteiger partial charge in [0.15, 0.2) is 11.7 Å². The van der Waals surface area contributed by atoms with Gasteiger partial charge in [-0.25, -0.2) is 4.99 Å². The summed E-state index contributed by atoms with van der Waals surface area (Å²) in [7, 11) is 3.46. The Bertz CT molecular complexity index is 523. The van der Waals surface area contributed by atoms with Gasteiger partial charge in [0.25, 0.3) is 0 Å². The molecule has 1 aliphatic heterocycles. The van der Waals surface area contributed by atoms with Crippen molar-refractivity contribution in [3.63, 3.8) is 0 Å². The quantitative estimate of drug-likeness (QED) is 0.565. The maximum absolute atomic E-state index is 12.2. The van der Waals surface area contributed by atoms with Crippen LogP contribution in [0, 0.1) is 5.92 Å². The molecule has 1 aromatic rings. The van der Waals surface area contributed by atoms with E-state index in [-0.39, 0.29) is 5.78 Å². The lowest BCUT2D eigenvalue weighted by Crippen LogP contribution is -2.40. The highest BCUT2D eigenvalue weighted by Crippen LogP contribution is 2.30. The minimum absolute atomic E-state index is 0.292. The van der Waals surface area contributed by atoms with Crippen molar-refractivity contribution in [2.75, 3.05) is 14.1 Å². The minimum atomic E-state index is -0.999. The Labute approximate surface area is 104 Å². The molecule has 0 N–H and O–H groups in total. The number of hydrogen-bond donors (Lipinski definition) is 0. The topological polar surface area (TPSA) is 49.7 Å². The number of carbonyl (C=O) groups excluding carboxylic acids is 2. The van der Waals surface area contributed by atoms with Gasteiger partial charge in [0.05, 0.1) is 5.69 Å². The second kappa shape index (κ2) is 4.30. The first-order chi connectivity index (χ1) is 8.02. The summed E-state index contributed by atoms with van der Waals surface area (Å²) < 4.78 is 0. The van der Waals surface area contributed by atoms with Gasteiger partial charge in [-0.15, -0.1) is 0 Å². The third-order valence-electron chi connectivity index (χ3n) is 2.61. The number of ketones is 1. The molecule has 1 aliphatic rings. The van der Waals surface area contributed by atoms with Crippen molar-refractivity contribution in [3.8, 4) is 0 Å². The Morgan fingerprint density at radius 3 is 2.59 bits per heavy atom. The lowest BCUT2D eigenvalue weighted by Gasteiger charge is -2.25. The summed E-state index contributed by atoms with van der Waals surface area (Å²) in [6.07, 6.45) is 0. The monoisotopic (exact) mass is 250 g/mol. The van der Waals surface area contributed by atoms with Gasteiger partial charge >= 0.3 is 0 Å². The number of halogens is 1. The van der Waals surface area contributed by atoms with Crippen molar-refractivity contribution >= 4 is 34.1 Å². The zero-order valence-electron chi connectivity index (χ0n) is 9.48. The molecule has 0 saturated carbocycles. The van der Waals surface area contributed by atoms with Crippen LogP contribution in [-0.4, -0.2) is 35.9 Å². The number of nitrogens with zero attached hydrogens (tertiary/aromatic N) is 2. The van der Waals surface area contributed by atoms with Crippen molar-refractivity contribution in [2.24, 2.45) is 10.9 Å². The van der Waals surface area contributed by atoms with Gasteiger partial charge in [-0.05, 0) is 23.7 Å². The van der Waals surface area contributed by atoms with Crippen LogP contribution in [0.25, 0.3) is 0 Å². The van der Waals surface area contributed by atoms with E-state index < -0.39 is 11.2 Å². The van der Waals surface area contributed by atoms with E-state index in [1.165, 1.54) is 0 Å². The normalized spacial score (nSPS) is 18.4. The predicted molar refractivity (Wildman–Crippen MR) is 65.9 cm³/mol. The van der Waals surface area contributed by atoms with Crippen LogP contribution in [0.1, 0.15) is 10.4 Å². The summed E-state index contributed by atoms with van der Waals surface area (Å²) in [5.41, 5.74) is 1.02. The largest absolute Gasteiger partial charge is 0.365 e. The third-order valence-corrected chi connectivity index (χ3v) is 2.83. The number of para-hydroxylation sites is 1. The average molecular weight is 251 g/mol. The Morgan fingerprint density at radius 2 is 2.00 bits per heavy atom. The zero-order chi connectivity index (χ0) is 12.6. The molecule has 0 bridgehead atoms. The average Bonchev–Trinajstić information content (AvgIpc) is 2.28.